The van der Waals surface area contributed by atoms with Crippen LogP contribution in [0, 0.1) is 5.92 Å². The van der Waals surface area contributed by atoms with Crippen molar-refractivity contribution in [3.63, 3.8) is 0 Å². The van der Waals surface area contributed by atoms with E-state index >= 15 is 0 Å². The number of ketones is 1. The SMILES string of the molecule is C=CC(=C)CCC(=O)C(C)C(=O)OCC. The van der Waals surface area contributed by atoms with Gasteiger partial charge in [-0.3, -0.25) is 9.59 Å². The summed E-state index contributed by atoms with van der Waals surface area (Å²) in [6.07, 6.45) is 2.47. The van der Waals surface area contributed by atoms with Crippen molar-refractivity contribution >= 4 is 11.8 Å². The number of carbonyl (C=O) groups excluding carboxylic acids is 2. The molecule has 0 saturated heterocycles. The number of esters is 1. The summed E-state index contributed by atoms with van der Waals surface area (Å²) in [5.74, 6) is -1.24. The minimum Gasteiger partial charge on any atom is -0.465 e. The number of hydrogen-bond donors (Lipinski definition) is 0. The maximum absolute atomic E-state index is 11.5. The van der Waals surface area contributed by atoms with Gasteiger partial charge in [-0.25, -0.2) is 0 Å². The van der Waals surface area contributed by atoms with Gasteiger partial charge >= 0.3 is 5.97 Å². The van der Waals surface area contributed by atoms with Crippen LogP contribution in [0.15, 0.2) is 24.8 Å². The minimum atomic E-state index is -0.678. The molecule has 84 valence electrons. The molecular weight excluding hydrogens is 192 g/mol. The van der Waals surface area contributed by atoms with Gasteiger partial charge in [-0.1, -0.05) is 24.8 Å². The van der Waals surface area contributed by atoms with E-state index in [1.807, 2.05) is 0 Å². The molecule has 1 atom stereocenters. The Labute approximate surface area is 90.8 Å². The topological polar surface area (TPSA) is 43.4 Å². The van der Waals surface area contributed by atoms with Gasteiger partial charge < -0.3 is 4.74 Å². The van der Waals surface area contributed by atoms with Crippen LogP contribution in [0.4, 0.5) is 0 Å². The van der Waals surface area contributed by atoms with Crippen molar-refractivity contribution in [2.75, 3.05) is 6.61 Å². The second-order valence-corrected chi connectivity index (χ2v) is 3.30. The minimum absolute atomic E-state index is 0.114. The zero-order valence-corrected chi connectivity index (χ0v) is 9.41. The Kier molecular flexibility index (Phi) is 6.34. The molecule has 0 aromatic heterocycles. The van der Waals surface area contributed by atoms with Crippen molar-refractivity contribution in [2.24, 2.45) is 5.92 Å². The predicted octanol–water partition coefficient (Wildman–Crippen LogP) is 2.28. The van der Waals surface area contributed by atoms with Gasteiger partial charge in [0.1, 0.15) is 11.7 Å². The lowest BCUT2D eigenvalue weighted by Gasteiger charge is -2.09. The van der Waals surface area contributed by atoms with Crippen LogP contribution in [-0.4, -0.2) is 18.4 Å². The molecule has 1 unspecified atom stereocenters. The molecule has 0 saturated carbocycles. The zero-order chi connectivity index (χ0) is 11.8. The Morgan fingerprint density at radius 2 is 2.00 bits per heavy atom. The van der Waals surface area contributed by atoms with Crippen LogP contribution in [0.2, 0.25) is 0 Å². The second kappa shape index (κ2) is 6.98. The number of carbonyl (C=O) groups is 2. The van der Waals surface area contributed by atoms with Crippen LogP contribution >= 0.6 is 0 Å². The lowest BCUT2D eigenvalue weighted by molar-refractivity contribution is -0.150. The van der Waals surface area contributed by atoms with Crippen LogP contribution in [0.3, 0.4) is 0 Å². The molecule has 0 N–H and O–H groups in total. The molecule has 0 aliphatic carbocycles. The maximum atomic E-state index is 11.5. The van der Waals surface area contributed by atoms with E-state index in [-0.39, 0.29) is 5.78 Å². The molecule has 3 heteroatoms. The van der Waals surface area contributed by atoms with E-state index in [4.69, 9.17) is 4.74 Å². The first kappa shape index (κ1) is 13.6. The molecule has 0 fully saturated rings. The predicted molar refractivity (Wildman–Crippen MR) is 59.4 cm³/mol. The third-order valence-electron chi connectivity index (χ3n) is 2.10. The summed E-state index contributed by atoms with van der Waals surface area (Å²) in [6, 6.07) is 0. The molecule has 0 aromatic carbocycles. The second-order valence-electron chi connectivity index (χ2n) is 3.30. The highest BCUT2D eigenvalue weighted by Crippen LogP contribution is 2.10. The highest BCUT2D eigenvalue weighted by molar-refractivity contribution is 5.98. The average molecular weight is 210 g/mol. The van der Waals surface area contributed by atoms with Gasteiger partial charge in [0, 0.05) is 6.42 Å². The van der Waals surface area contributed by atoms with Gasteiger partial charge in [0.15, 0.2) is 0 Å². The van der Waals surface area contributed by atoms with Gasteiger partial charge in [0.2, 0.25) is 0 Å². The molecule has 0 spiro atoms. The number of rotatable bonds is 7. The molecular formula is C12H18O3. The molecule has 0 aliphatic rings. The molecule has 0 aromatic rings. The summed E-state index contributed by atoms with van der Waals surface area (Å²) < 4.78 is 4.76. The van der Waals surface area contributed by atoms with E-state index in [1.54, 1.807) is 19.9 Å². The first-order valence-electron chi connectivity index (χ1n) is 5.02. The summed E-state index contributed by atoms with van der Waals surface area (Å²) in [4.78, 5) is 22.7. The maximum Gasteiger partial charge on any atom is 0.316 e. The Bertz CT molecular complexity index is 266. The third kappa shape index (κ3) is 5.15. The number of hydrogen-bond acceptors (Lipinski definition) is 3. The van der Waals surface area contributed by atoms with Gasteiger partial charge in [-0.2, -0.15) is 0 Å². The quantitative estimate of drug-likeness (QED) is 0.368. The Morgan fingerprint density at radius 3 is 2.47 bits per heavy atom. The van der Waals surface area contributed by atoms with E-state index in [0.717, 1.165) is 5.57 Å². The van der Waals surface area contributed by atoms with Crippen molar-refractivity contribution in [3.05, 3.63) is 24.8 Å². The fourth-order valence-corrected chi connectivity index (χ4v) is 1.00. The number of Topliss-reactive ketones (excluding diaryl/α,β-unsaturated/α-hetero) is 1. The van der Waals surface area contributed by atoms with Crippen molar-refractivity contribution in [3.8, 4) is 0 Å². The number of ether oxygens (including phenoxy) is 1. The summed E-state index contributed by atoms with van der Waals surface area (Å²) in [5, 5.41) is 0. The van der Waals surface area contributed by atoms with Crippen LogP contribution in [0.1, 0.15) is 26.7 Å². The smallest absolute Gasteiger partial charge is 0.316 e. The summed E-state index contributed by atoms with van der Waals surface area (Å²) >= 11 is 0. The van der Waals surface area contributed by atoms with Crippen LogP contribution in [0.5, 0.6) is 0 Å². The molecule has 0 bridgehead atoms. The van der Waals surface area contributed by atoms with E-state index in [2.05, 4.69) is 13.2 Å². The summed E-state index contributed by atoms with van der Waals surface area (Å²) in [7, 11) is 0. The monoisotopic (exact) mass is 210 g/mol. The van der Waals surface area contributed by atoms with E-state index < -0.39 is 11.9 Å². The van der Waals surface area contributed by atoms with E-state index in [1.165, 1.54) is 0 Å². The summed E-state index contributed by atoms with van der Waals surface area (Å²) in [5.41, 5.74) is 0.805. The fourth-order valence-electron chi connectivity index (χ4n) is 1.00. The Morgan fingerprint density at radius 1 is 1.40 bits per heavy atom. The standard InChI is InChI=1S/C12H18O3/c1-5-9(3)7-8-11(13)10(4)12(14)15-6-2/h5,10H,1,3,6-8H2,2,4H3. The van der Waals surface area contributed by atoms with Crippen LogP contribution < -0.4 is 0 Å². The van der Waals surface area contributed by atoms with Crippen molar-refractivity contribution in [1.29, 1.82) is 0 Å². The molecule has 0 heterocycles. The van der Waals surface area contributed by atoms with E-state index in [9.17, 15) is 9.59 Å². The van der Waals surface area contributed by atoms with Crippen molar-refractivity contribution in [2.45, 2.75) is 26.7 Å². The largest absolute Gasteiger partial charge is 0.465 e. The van der Waals surface area contributed by atoms with Gasteiger partial charge in [-0.05, 0) is 20.3 Å². The first-order valence-corrected chi connectivity index (χ1v) is 5.02. The van der Waals surface area contributed by atoms with Crippen molar-refractivity contribution in [1.82, 2.24) is 0 Å². The van der Waals surface area contributed by atoms with Gasteiger partial charge in [-0.15, -0.1) is 0 Å². The van der Waals surface area contributed by atoms with Gasteiger partial charge in [0.25, 0.3) is 0 Å². The van der Waals surface area contributed by atoms with Crippen LogP contribution in [-0.2, 0) is 14.3 Å². The lowest BCUT2D eigenvalue weighted by Crippen LogP contribution is -2.23. The normalized spacial score (nSPS) is 11.6. The molecule has 3 nitrogen and oxygen atoms in total. The zero-order valence-electron chi connectivity index (χ0n) is 9.41. The highest BCUT2D eigenvalue weighted by atomic mass is 16.5. The average Bonchev–Trinajstić information content (AvgIpc) is 2.24. The molecule has 0 amide bonds. The third-order valence-corrected chi connectivity index (χ3v) is 2.10. The van der Waals surface area contributed by atoms with E-state index in [0.29, 0.717) is 19.4 Å². The number of allylic oxidation sites excluding steroid dienone is 2. The van der Waals surface area contributed by atoms with Crippen molar-refractivity contribution < 1.29 is 14.3 Å². The molecule has 0 rings (SSSR count). The molecule has 15 heavy (non-hydrogen) atoms. The Hall–Kier alpha value is -1.38. The summed E-state index contributed by atoms with van der Waals surface area (Å²) in [6.45, 7) is 10.8. The van der Waals surface area contributed by atoms with Crippen LogP contribution in [0.25, 0.3) is 0 Å². The fraction of sp³-hybridized carbons (Fsp3) is 0.500. The highest BCUT2D eigenvalue weighted by Gasteiger charge is 2.21. The van der Waals surface area contributed by atoms with Gasteiger partial charge in [0.05, 0.1) is 6.61 Å². The lowest BCUT2D eigenvalue weighted by atomic mass is 10.0. The molecule has 0 radical (unpaired) electrons. The molecule has 0 aliphatic heterocycles. The Balaban J connectivity index is 4.04. The first-order chi connectivity index (χ1) is 7.02.